The second kappa shape index (κ2) is 5.51. The van der Waals surface area contributed by atoms with E-state index in [0.29, 0.717) is 41.9 Å². The van der Waals surface area contributed by atoms with Gasteiger partial charge in [0.1, 0.15) is 13.2 Å². The van der Waals surface area contributed by atoms with Gasteiger partial charge in [0.15, 0.2) is 11.5 Å². The molecule has 2 rings (SSSR count). The molecular formula is C11H12ClNO3S. The second-order valence-corrected chi connectivity index (χ2v) is 5.04. The minimum Gasteiger partial charge on any atom is -0.486 e. The van der Waals surface area contributed by atoms with Gasteiger partial charge in [-0.1, -0.05) is 11.6 Å². The average molecular weight is 274 g/mol. The first kappa shape index (κ1) is 12.4. The zero-order valence-electron chi connectivity index (χ0n) is 9.07. The van der Waals surface area contributed by atoms with Crippen molar-refractivity contribution >= 4 is 29.3 Å². The van der Waals surface area contributed by atoms with Crippen molar-refractivity contribution in [1.29, 1.82) is 0 Å². The predicted molar refractivity (Wildman–Crippen MR) is 67.0 cm³/mol. The summed E-state index contributed by atoms with van der Waals surface area (Å²) in [6.45, 7) is 1.08. The summed E-state index contributed by atoms with van der Waals surface area (Å²) in [6.07, 6.45) is 0.329. The molecule has 0 unspecified atom stereocenters. The van der Waals surface area contributed by atoms with Gasteiger partial charge in [-0.05, 0) is 6.07 Å². The van der Waals surface area contributed by atoms with E-state index in [1.165, 1.54) is 11.8 Å². The molecule has 1 heterocycles. The Balaban J connectivity index is 2.09. The predicted octanol–water partition coefficient (Wildman–Crippen LogP) is 2.08. The van der Waals surface area contributed by atoms with E-state index >= 15 is 0 Å². The molecule has 0 aliphatic carbocycles. The smallest absolute Gasteiger partial charge is 0.218 e. The van der Waals surface area contributed by atoms with E-state index in [2.05, 4.69) is 0 Å². The molecule has 1 aliphatic heterocycles. The number of amides is 1. The SMILES string of the molecule is NC(=O)CCSc1cc2c(cc1Cl)OCCO2. The molecule has 0 saturated carbocycles. The van der Waals surface area contributed by atoms with Crippen molar-refractivity contribution in [3.8, 4) is 11.5 Å². The minimum absolute atomic E-state index is 0.314. The van der Waals surface area contributed by atoms with E-state index in [4.69, 9.17) is 26.8 Å². The number of primary amides is 1. The second-order valence-electron chi connectivity index (χ2n) is 3.49. The van der Waals surface area contributed by atoms with Gasteiger partial charge in [-0.25, -0.2) is 0 Å². The average Bonchev–Trinajstić information content (AvgIpc) is 2.29. The van der Waals surface area contributed by atoms with Crippen molar-refractivity contribution < 1.29 is 14.3 Å². The van der Waals surface area contributed by atoms with Crippen molar-refractivity contribution in [2.24, 2.45) is 5.73 Å². The van der Waals surface area contributed by atoms with Crippen LogP contribution in [-0.4, -0.2) is 24.9 Å². The number of fused-ring (bicyclic) bond motifs is 1. The molecule has 0 aromatic heterocycles. The maximum atomic E-state index is 10.6. The fourth-order valence-electron chi connectivity index (χ4n) is 1.42. The number of thioether (sulfide) groups is 1. The van der Waals surface area contributed by atoms with E-state index in [1.807, 2.05) is 6.07 Å². The lowest BCUT2D eigenvalue weighted by Crippen LogP contribution is -2.15. The van der Waals surface area contributed by atoms with E-state index in [0.717, 1.165) is 4.90 Å². The molecule has 92 valence electrons. The molecule has 6 heteroatoms. The van der Waals surface area contributed by atoms with Gasteiger partial charge in [0, 0.05) is 23.1 Å². The number of hydrogen-bond acceptors (Lipinski definition) is 4. The molecule has 0 spiro atoms. The Labute approximate surface area is 108 Å². The molecular weight excluding hydrogens is 262 g/mol. The van der Waals surface area contributed by atoms with Crippen LogP contribution in [0, 0.1) is 0 Å². The Hall–Kier alpha value is -1.07. The van der Waals surface area contributed by atoms with Gasteiger partial charge < -0.3 is 15.2 Å². The number of rotatable bonds is 4. The van der Waals surface area contributed by atoms with E-state index in [9.17, 15) is 4.79 Å². The lowest BCUT2D eigenvalue weighted by Gasteiger charge is -2.19. The quantitative estimate of drug-likeness (QED) is 0.853. The molecule has 1 aromatic carbocycles. The highest BCUT2D eigenvalue weighted by molar-refractivity contribution is 7.99. The van der Waals surface area contributed by atoms with Crippen LogP contribution in [-0.2, 0) is 4.79 Å². The molecule has 0 saturated heterocycles. The van der Waals surface area contributed by atoms with Crippen molar-refractivity contribution in [1.82, 2.24) is 0 Å². The van der Waals surface area contributed by atoms with Crippen LogP contribution >= 0.6 is 23.4 Å². The Morgan fingerprint density at radius 3 is 2.65 bits per heavy atom. The van der Waals surface area contributed by atoms with Crippen molar-refractivity contribution in [2.45, 2.75) is 11.3 Å². The van der Waals surface area contributed by atoms with Crippen LogP contribution < -0.4 is 15.2 Å². The molecule has 0 bridgehead atoms. The normalized spacial score (nSPS) is 13.5. The number of benzene rings is 1. The summed E-state index contributed by atoms with van der Waals surface area (Å²) < 4.78 is 10.9. The molecule has 0 radical (unpaired) electrons. The lowest BCUT2D eigenvalue weighted by atomic mass is 10.3. The zero-order chi connectivity index (χ0) is 12.3. The monoisotopic (exact) mass is 273 g/mol. The van der Waals surface area contributed by atoms with Crippen LogP contribution in [0.2, 0.25) is 5.02 Å². The third-order valence-corrected chi connectivity index (χ3v) is 3.68. The fraction of sp³-hybridized carbons (Fsp3) is 0.364. The molecule has 0 atom stereocenters. The summed E-state index contributed by atoms with van der Waals surface area (Å²) >= 11 is 7.58. The first-order valence-electron chi connectivity index (χ1n) is 5.17. The van der Waals surface area contributed by atoms with E-state index in [1.54, 1.807) is 6.07 Å². The van der Waals surface area contributed by atoms with Gasteiger partial charge in [-0.3, -0.25) is 4.79 Å². The Bertz CT molecular complexity index is 439. The molecule has 1 amide bonds. The maximum absolute atomic E-state index is 10.6. The van der Waals surface area contributed by atoms with Crippen molar-refractivity contribution in [3.63, 3.8) is 0 Å². The highest BCUT2D eigenvalue weighted by atomic mass is 35.5. The number of carbonyl (C=O) groups is 1. The summed E-state index contributed by atoms with van der Waals surface area (Å²) in [5, 5.41) is 0.601. The van der Waals surface area contributed by atoms with E-state index in [-0.39, 0.29) is 5.91 Å². The van der Waals surface area contributed by atoms with Gasteiger partial charge in [-0.15, -0.1) is 11.8 Å². The molecule has 17 heavy (non-hydrogen) atoms. The molecule has 1 aromatic rings. The standard InChI is InChI=1S/C11H12ClNO3S/c12-7-5-8-9(16-3-2-15-8)6-10(7)17-4-1-11(13)14/h5-6H,1-4H2,(H2,13,14). The summed E-state index contributed by atoms with van der Waals surface area (Å²) in [7, 11) is 0. The van der Waals surface area contributed by atoms with E-state index < -0.39 is 0 Å². The third kappa shape index (κ3) is 3.20. The molecule has 4 nitrogen and oxygen atoms in total. The number of ether oxygens (including phenoxy) is 2. The number of halogens is 1. The Morgan fingerprint density at radius 1 is 1.35 bits per heavy atom. The maximum Gasteiger partial charge on any atom is 0.218 e. The van der Waals surface area contributed by atoms with Crippen molar-refractivity contribution in [3.05, 3.63) is 17.2 Å². The van der Waals surface area contributed by atoms with Crippen LogP contribution in [0.3, 0.4) is 0 Å². The van der Waals surface area contributed by atoms with Crippen LogP contribution in [0.1, 0.15) is 6.42 Å². The summed E-state index contributed by atoms with van der Waals surface area (Å²) in [4.78, 5) is 11.5. The topological polar surface area (TPSA) is 61.6 Å². The minimum atomic E-state index is -0.314. The first-order valence-corrected chi connectivity index (χ1v) is 6.53. The van der Waals surface area contributed by atoms with Gasteiger partial charge in [0.2, 0.25) is 5.91 Å². The summed E-state index contributed by atoms with van der Waals surface area (Å²) in [5.41, 5.74) is 5.08. The lowest BCUT2D eigenvalue weighted by molar-refractivity contribution is -0.117. The summed E-state index contributed by atoms with van der Waals surface area (Å²) in [6, 6.07) is 3.57. The van der Waals surface area contributed by atoms with Crippen LogP contribution in [0.4, 0.5) is 0 Å². The molecule has 1 aliphatic rings. The Morgan fingerprint density at radius 2 is 2.00 bits per heavy atom. The molecule has 2 N–H and O–H groups in total. The van der Waals surface area contributed by atoms with Gasteiger partial charge in [0.05, 0.1) is 5.02 Å². The highest BCUT2D eigenvalue weighted by Crippen LogP contribution is 2.39. The highest BCUT2D eigenvalue weighted by Gasteiger charge is 2.15. The number of nitrogens with two attached hydrogens (primary N) is 1. The first-order chi connectivity index (χ1) is 8.16. The number of hydrogen-bond donors (Lipinski definition) is 1. The third-order valence-electron chi connectivity index (χ3n) is 2.20. The zero-order valence-corrected chi connectivity index (χ0v) is 10.6. The van der Waals surface area contributed by atoms with Gasteiger partial charge >= 0.3 is 0 Å². The fourth-order valence-corrected chi connectivity index (χ4v) is 2.65. The molecule has 0 fully saturated rings. The Kier molecular flexibility index (Phi) is 4.02. The number of carbonyl (C=O) groups excluding carboxylic acids is 1. The largest absolute Gasteiger partial charge is 0.486 e. The summed E-state index contributed by atoms with van der Waals surface area (Å²) in [5.74, 6) is 1.66. The van der Waals surface area contributed by atoms with Crippen molar-refractivity contribution in [2.75, 3.05) is 19.0 Å². The van der Waals surface area contributed by atoms with Crippen LogP contribution in [0.15, 0.2) is 17.0 Å². The van der Waals surface area contributed by atoms with Crippen LogP contribution in [0.25, 0.3) is 0 Å². The van der Waals surface area contributed by atoms with Crippen LogP contribution in [0.5, 0.6) is 11.5 Å². The van der Waals surface area contributed by atoms with Gasteiger partial charge in [0.25, 0.3) is 0 Å². The van der Waals surface area contributed by atoms with Gasteiger partial charge in [-0.2, -0.15) is 0 Å².